The number of fused-ring (bicyclic) bond motifs is 1. The van der Waals surface area contributed by atoms with E-state index in [0.29, 0.717) is 5.92 Å². The van der Waals surface area contributed by atoms with Gasteiger partial charge in [0.1, 0.15) is 5.82 Å². The summed E-state index contributed by atoms with van der Waals surface area (Å²) in [5.74, 6) is 1.38. The first-order valence-corrected chi connectivity index (χ1v) is 6.15. The number of aromatic nitrogens is 3. The van der Waals surface area contributed by atoms with E-state index in [1.807, 2.05) is 36.7 Å². The van der Waals surface area contributed by atoms with Crippen LogP contribution in [0.1, 0.15) is 25.3 Å². The summed E-state index contributed by atoms with van der Waals surface area (Å²) in [7, 11) is 0. The number of hydrogen-bond acceptors (Lipinski definition) is 2. The van der Waals surface area contributed by atoms with E-state index >= 15 is 0 Å². The Kier molecular flexibility index (Phi) is 2.59. The van der Waals surface area contributed by atoms with Gasteiger partial charge in [-0.15, -0.1) is 0 Å². The smallest absolute Gasteiger partial charge is 0.137 e. The fourth-order valence-corrected chi connectivity index (χ4v) is 2.19. The molecular weight excluding hydrogens is 222 g/mol. The SMILES string of the molecule is CC(C)c1cn(-c2ccccn2)c2cccnc12. The van der Waals surface area contributed by atoms with Gasteiger partial charge in [0.25, 0.3) is 0 Å². The van der Waals surface area contributed by atoms with Crippen molar-refractivity contribution in [1.82, 2.24) is 14.5 Å². The van der Waals surface area contributed by atoms with Crippen molar-refractivity contribution in [3.05, 3.63) is 54.5 Å². The van der Waals surface area contributed by atoms with Gasteiger partial charge in [0.15, 0.2) is 0 Å². The molecule has 90 valence electrons. The van der Waals surface area contributed by atoms with Crippen molar-refractivity contribution in [3.8, 4) is 5.82 Å². The van der Waals surface area contributed by atoms with Gasteiger partial charge >= 0.3 is 0 Å². The molecule has 0 fully saturated rings. The molecule has 3 nitrogen and oxygen atoms in total. The second-order valence-corrected chi connectivity index (χ2v) is 4.67. The summed E-state index contributed by atoms with van der Waals surface area (Å²) in [6.07, 6.45) is 5.80. The summed E-state index contributed by atoms with van der Waals surface area (Å²) < 4.78 is 2.11. The minimum Gasteiger partial charge on any atom is -0.299 e. The molecule has 0 bridgehead atoms. The van der Waals surface area contributed by atoms with E-state index in [1.165, 1.54) is 5.56 Å². The van der Waals surface area contributed by atoms with Crippen LogP contribution in [0.25, 0.3) is 16.9 Å². The molecule has 0 unspecified atom stereocenters. The lowest BCUT2D eigenvalue weighted by Crippen LogP contribution is -1.94. The maximum Gasteiger partial charge on any atom is 0.137 e. The van der Waals surface area contributed by atoms with Gasteiger partial charge in [0.05, 0.1) is 11.0 Å². The molecule has 3 aromatic rings. The third-order valence-electron chi connectivity index (χ3n) is 3.11. The first-order chi connectivity index (χ1) is 8.77. The van der Waals surface area contributed by atoms with Crippen LogP contribution in [0.3, 0.4) is 0 Å². The zero-order chi connectivity index (χ0) is 12.5. The second-order valence-electron chi connectivity index (χ2n) is 4.67. The van der Waals surface area contributed by atoms with Crippen LogP contribution in [0, 0.1) is 0 Å². The van der Waals surface area contributed by atoms with Gasteiger partial charge in [-0.1, -0.05) is 19.9 Å². The van der Waals surface area contributed by atoms with Crippen LogP contribution >= 0.6 is 0 Å². The molecule has 0 saturated carbocycles. The number of pyridine rings is 2. The van der Waals surface area contributed by atoms with Crippen molar-refractivity contribution in [2.75, 3.05) is 0 Å². The molecule has 0 spiro atoms. The van der Waals surface area contributed by atoms with Gasteiger partial charge in [-0.2, -0.15) is 0 Å². The van der Waals surface area contributed by atoms with E-state index in [4.69, 9.17) is 0 Å². The highest BCUT2D eigenvalue weighted by Gasteiger charge is 2.13. The van der Waals surface area contributed by atoms with E-state index in [0.717, 1.165) is 16.9 Å². The van der Waals surface area contributed by atoms with E-state index in [-0.39, 0.29) is 0 Å². The van der Waals surface area contributed by atoms with Crippen molar-refractivity contribution in [3.63, 3.8) is 0 Å². The first kappa shape index (κ1) is 11.0. The summed E-state index contributed by atoms with van der Waals surface area (Å²) >= 11 is 0. The molecule has 0 aromatic carbocycles. The van der Waals surface area contributed by atoms with E-state index in [9.17, 15) is 0 Å². The lowest BCUT2D eigenvalue weighted by atomic mass is 10.1. The number of hydrogen-bond donors (Lipinski definition) is 0. The minimum absolute atomic E-state index is 0.451. The molecule has 0 aliphatic heterocycles. The summed E-state index contributed by atoms with van der Waals surface area (Å²) in [6, 6.07) is 9.99. The summed E-state index contributed by atoms with van der Waals surface area (Å²) in [6.45, 7) is 4.37. The molecule has 0 N–H and O–H groups in total. The van der Waals surface area contributed by atoms with Crippen LogP contribution in [-0.4, -0.2) is 14.5 Å². The van der Waals surface area contributed by atoms with Gasteiger partial charge in [-0.05, 0) is 35.7 Å². The Hall–Kier alpha value is -2.16. The summed E-state index contributed by atoms with van der Waals surface area (Å²) in [5.41, 5.74) is 3.44. The normalized spacial score (nSPS) is 11.3. The molecule has 0 saturated heterocycles. The molecule has 0 radical (unpaired) electrons. The van der Waals surface area contributed by atoms with Gasteiger partial charge in [0, 0.05) is 18.6 Å². The predicted octanol–water partition coefficient (Wildman–Crippen LogP) is 3.54. The van der Waals surface area contributed by atoms with E-state index in [1.54, 1.807) is 0 Å². The Morgan fingerprint density at radius 2 is 1.83 bits per heavy atom. The zero-order valence-corrected chi connectivity index (χ0v) is 10.5. The van der Waals surface area contributed by atoms with Crippen LogP contribution in [0.4, 0.5) is 0 Å². The fraction of sp³-hybridized carbons (Fsp3) is 0.200. The zero-order valence-electron chi connectivity index (χ0n) is 10.5. The highest BCUT2D eigenvalue weighted by atomic mass is 15.1. The van der Waals surface area contributed by atoms with Gasteiger partial charge in [-0.3, -0.25) is 9.55 Å². The highest BCUT2D eigenvalue weighted by molar-refractivity contribution is 5.81. The molecule has 3 heterocycles. The average Bonchev–Trinajstić information content (AvgIpc) is 2.79. The largest absolute Gasteiger partial charge is 0.299 e. The van der Waals surface area contributed by atoms with Crippen molar-refractivity contribution in [1.29, 1.82) is 0 Å². The Morgan fingerprint density at radius 3 is 2.56 bits per heavy atom. The molecule has 0 amide bonds. The molecule has 3 aromatic heterocycles. The standard InChI is InChI=1S/C15H15N3/c1-11(2)12-10-18(14-7-3-4-8-16-14)13-6-5-9-17-15(12)13/h3-11H,1-2H3. The highest BCUT2D eigenvalue weighted by Crippen LogP contribution is 2.27. The van der Waals surface area contributed by atoms with Crippen molar-refractivity contribution >= 4 is 11.0 Å². The fourth-order valence-electron chi connectivity index (χ4n) is 2.19. The Labute approximate surface area is 106 Å². The number of rotatable bonds is 2. The Bertz CT molecular complexity index is 669. The lowest BCUT2D eigenvalue weighted by Gasteiger charge is -2.02. The van der Waals surface area contributed by atoms with Crippen molar-refractivity contribution in [2.24, 2.45) is 0 Å². The quantitative estimate of drug-likeness (QED) is 0.682. The summed E-state index contributed by atoms with van der Waals surface area (Å²) in [5, 5.41) is 0. The molecule has 0 aliphatic carbocycles. The van der Waals surface area contributed by atoms with Gasteiger partial charge in [-0.25, -0.2) is 4.98 Å². The maximum absolute atomic E-state index is 4.50. The molecule has 3 rings (SSSR count). The third kappa shape index (κ3) is 1.68. The Balaban J connectivity index is 2.31. The number of nitrogens with zero attached hydrogens (tertiary/aromatic N) is 3. The van der Waals surface area contributed by atoms with E-state index < -0.39 is 0 Å². The monoisotopic (exact) mass is 237 g/mol. The van der Waals surface area contributed by atoms with Crippen molar-refractivity contribution in [2.45, 2.75) is 19.8 Å². The minimum atomic E-state index is 0.451. The lowest BCUT2D eigenvalue weighted by molar-refractivity contribution is 0.865. The molecule has 0 aliphatic rings. The molecule has 3 heteroatoms. The average molecular weight is 237 g/mol. The molecular formula is C15H15N3. The van der Waals surface area contributed by atoms with Crippen LogP contribution < -0.4 is 0 Å². The van der Waals surface area contributed by atoms with Crippen LogP contribution in [0.5, 0.6) is 0 Å². The van der Waals surface area contributed by atoms with Crippen LogP contribution in [0.2, 0.25) is 0 Å². The maximum atomic E-state index is 4.50. The van der Waals surface area contributed by atoms with Crippen LogP contribution in [-0.2, 0) is 0 Å². The third-order valence-corrected chi connectivity index (χ3v) is 3.11. The second kappa shape index (κ2) is 4.26. The molecule has 0 atom stereocenters. The topological polar surface area (TPSA) is 30.7 Å². The predicted molar refractivity (Wildman–Crippen MR) is 73.0 cm³/mol. The van der Waals surface area contributed by atoms with Gasteiger partial charge in [0.2, 0.25) is 0 Å². The molecule has 18 heavy (non-hydrogen) atoms. The first-order valence-electron chi connectivity index (χ1n) is 6.15. The Morgan fingerprint density at radius 1 is 1.00 bits per heavy atom. The van der Waals surface area contributed by atoms with Crippen molar-refractivity contribution < 1.29 is 0 Å². The summed E-state index contributed by atoms with van der Waals surface area (Å²) in [4.78, 5) is 8.91. The van der Waals surface area contributed by atoms with Crippen LogP contribution in [0.15, 0.2) is 48.9 Å². The van der Waals surface area contributed by atoms with E-state index in [2.05, 4.69) is 40.6 Å². The van der Waals surface area contributed by atoms with Gasteiger partial charge < -0.3 is 0 Å².